The van der Waals surface area contributed by atoms with Crippen LogP contribution in [0.1, 0.15) is 23.0 Å². The maximum atomic E-state index is 13.2. The van der Waals surface area contributed by atoms with E-state index in [0.717, 1.165) is 11.4 Å². The molecule has 0 saturated heterocycles. The molecule has 0 bridgehead atoms. The fourth-order valence-electron chi connectivity index (χ4n) is 2.85. The van der Waals surface area contributed by atoms with Gasteiger partial charge in [0.05, 0.1) is 33.9 Å². The lowest BCUT2D eigenvalue weighted by Crippen LogP contribution is -2.15. The summed E-state index contributed by atoms with van der Waals surface area (Å²) in [5.41, 5.74) is 3.38. The summed E-state index contributed by atoms with van der Waals surface area (Å²) in [5, 5.41) is 7.72. The number of hydrogen-bond acceptors (Lipinski definition) is 3. The van der Waals surface area contributed by atoms with Gasteiger partial charge in [-0.25, -0.2) is 9.07 Å². The first-order chi connectivity index (χ1) is 12.9. The van der Waals surface area contributed by atoms with Crippen molar-refractivity contribution in [1.82, 2.24) is 9.78 Å². The van der Waals surface area contributed by atoms with Crippen molar-refractivity contribution in [3.8, 4) is 5.69 Å². The third-order valence-electron chi connectivity index (χ3n) is 4.21. The third kappa shape index (κ3) is 3.95. The van der Waals surface area contributed by atoms with Gasteiger partial charge in [-0.1, -0.05) is 18.5 Å². The molecule has 0 fully saturated rings. The molecule has 1 heterocycles. The van der Waals surface area contributed by atoms with Gasteiger partial charge in [0.15, 0.2) is 0 Å². The number of halogens is 2. The first-order valence-electron chi connectivity index (χ1n) is 8.51. The number of carbonyl (C=O) groups is 1. The molecule has 1 aromatic heterocycles. The van der Waals surface area contributed by atoms with Crippen molar-refractivity contribution < 1.29 is 9.18 Å². The number of nitrogens with one attached hydrogen (secondary N) is 1. The van der Waals surface area contributed by atoms with Crippen LogP contribution in [-0.2, 0) is 6.42 Å². The average molecular weight is 387 g/mol. The van der Waals surface area contributed by atoms with Crippen LogP contribution in [0.15, 0.2) is 48.7 Å². The maximum absolute atomic E-state index is 13.2. The molecule has 140 valence electrons. The van der Waals surface area contributed by atoms with Gasteiger partial charge >= 0.3 is 0 Å². The summed E-state index contributed by atoms with van der Waals surface area (Å²) in [6.07, 6.45) is 2.12. The maximum Gasteiger partial charge on any atom is 0.259 e. The van der Waals surface area contributed by atoms with Gasteiger partial charge in [-0.2, -0.15) is 5.10 Å². The molecule has 1 N–H and O–H groups in total. The molecule has 0 saturated carbocycles. The first kappa shape index (κ1) is 18.9. The SMILES string of the molecule is CCc1c(C(=O)Nc2ccc(N(C)C)c(Cl)c2)cnn1-c1ccc(F)cc1. The van der Waals surface area contributed by atoms with Crippen molar-refractivity contribution in [2.45, 2.75) is 13.3 Å². The molecule has 0 radical (unpaired) electrons. The van der Waals surface area contributed by atoms with Crippen molar-refractivity contribution in [3.05, 3.63) is 70.8 Å². The summed E-state index contributed by atoms with van der Waals surface area (Å²) in [4.78, 5) is 14.6. The summed E-state index contributed by atoms with van der Waals surface area (Å²) in [7, 11) is 3.80. The van der Waals surface area contributed by atoms with E-state index in [1.165, 1.54) is 18.3 Å². The van der Waals surface area contributed by atoms with Gasteiger partial charge in [0.25, 0.3) is 5.91 Å². The molecule has 7 heteroatoms. The van der Waals surface area contributed by atoms with E-state index in [1.807, 2.05) is 32.0 Å². The Bertz CT molecular complexity index is 967. The molecule has 0 unspecified atom stereocenters. The van der Waals surface area contributed by atoms with Gasteiger partial charge in [-0.05, 0) is 48.9 Å². The Kier molecular flexibility index (Phi) is 5.46. The highest BCUT2D eigenvalue weighted by atomic mass is 35.5. The van der Waals surface area contributed by atoms with Crippen molar-refractivity contribution in [1.29, 1.82) is 0 Å². The highest BCUT2D eigenvalue weighted by Crippen LogP contribution is 2.28. The molecule has 3 rings (SSSR count). The van der Waals surface area contributed by atoms with E-state index in [1.54, 1.807) is 28.9 Å². The number of benzene rings is 2. The molecule has 0 spiro atoms. The van der Waals surface area contributed by atoms with Crippen molar-refractivity contribution >= 4 is 28.9 Å². The number of hydrogen-bond donors (Lipinski definition) is 1. The fraction of sp³-hybridized carbons (Fsp3) is 0.200. The molecule has 5 nitrogen and oxygen atoms in total. The predicted octanol–water partition coefficient (Wildman–Crippen LogP) is 4.55. The Labute approximate surface area is 162 Å². The Morgan fingerprint density at radius 1 is 1.22 bits per heavy atom. The molecular formula is C20H20ClFN4O. The zero-order chi connectivity index (χ0) is 19.6. The lowest BCUT2D eigenvalue weighted by atomic mass is 10.1. The third-order valence-corrected chi connectivity index (χ3v) is 4.51. The number of anilines is 2. The second-order valence-electron chi connectivity index (χ2n) is 6.26. The summed E-state index contributed by atoms with van der Waals surface area (Å²) in [6, 6.07) is 11.3. The molecule has 0 aliphatic heterocycles. The van der Waals surface area contributed by atoms with Crippen molar-refractivity contribution in [3.63, 3.8) is 0 Å². The van der Waals surface area contributed by atoms with E-state index in [9.17, 15) is 9.18 Å². The lowest BCUT2D eigenvalue weighted by molar-refractivity contribution is 0.102. The summed E-state index contributed by atoms with van der Waals surface area (Å²) < 4.78 is 14.8. The Balaban J connectivity index is 1.87. The van der Waals surface area contributed by atoms with Crippen molar-refractivity contribution in [2.24, 2.45) is 0 Å². The van der Waals surface area contributed by atoms with Gasteiger partial charge in [-0.3, -0.25) is 4.79 Å². The van der Waals surface area contributed by atoms with Crippen LogP contribution in [0.25, 0.3) is 5.69 Å². The first-order valence-corrected chi connectivity index (χ1v) is 8.89. The molecular weight excluding hydrogens is 367 g/mol. The minimum absolute atomic E-state index is 0.270. The minimum Gasteiger partial charge on any atom is -0.376 e. The zero-order valence-electron chi connectivity index (χ0n) is 15.3. The van der Waals surface area contributed by atoms with Crippen LogP contribution in [0.3, 0.4) is 0 Å². The van der Waals surface area contributed by atoms with E-state index in [4.69, 9.17) is 11.6 Å². The average Bonchev–Trinajstić information content (AvgIpc) is 3.06. The molecule has 0 aliphatic rings. The summed E-state index contributed by atoms with van der Waals surface area (Å²) >= 11 is 6.27. The monoisotopic (exact) mass is 386 g/mol. The number of rotatable bonds is 5. The quantitative estimate of drug-likeness (QED) is 0.700. The standard InChI is InChI=1S/C20H20ClFN4O/c1-4-18-16(12-23-26(18)15-8-5-13(22)6-9-15)20(27)24-14-7-10-19(25(2)3)17(21)11-14/h5-12H,4H2,1-3H3,(H,24,27). The van der Waals surface area contributed by atoms with Crippen LogP contribution in [0.2, 0.25) is 5.02 Å². The van der Waals surface area contributed by atoms with Crippen LogP contribution in [0, 0.1) is 5.82 Å². The second-order valence-corrected chi connectivity index (χ2v) is 6.67. The van der Waals surface area contributed by atoms with E-state index >= 15 is 0 Å². The number of nitrogens with zero attached hydrogens (tertiary/aromatic N) is 3. The molecule has 0 aliphatic carbocycles. The minimum atomic E-state index is -0.319. The van der Waals surface area contributed by atoms with Crippen LogP contribution in [0.4, 0.5) is 15.8 Å². The van der Waals surface area contributed by atoms with E-state index in [0.29, 0.717) is 28.4 Å². The topological polar surface area (TPSA) is 50.2 Å². The molecule has 0 atom stereocenters. The highest BCUT2D eigenvalue weighted by Gasteiger charge is 2.18. The Morgan fingerprint density at radius 3 is 2.52 bits per heavy atom. The highest BCUT2D eigenvalue weighted by molar-refractivity contribution is 6.33. The molecule has 27 heavy (non-hydrogen) atoms. The normalized spacial score (nSPS) is 10.7. The van der Waals surface area contributed by atoms with Crippen molar-refractivity contribution in [2.75, 3.05) is 24.3 Å². The van der Waals surface area contributed by atoms with Crippen LogP contribution in [-0.4, -0.2) is 29.8 Å². The second kappa shape index (κ2) is 7.80. The summed E-state index contributed by atoms with van der Waals surface area (Å²) in [6.45, 7) is 1.94. The Morgan fingerprint density at radius 2 is 1.93 bits per heavy atom. The Hall–Kier alpha value is -2.86. The predicted molar refractivity (Wildman–Crippen MR) is 107 cm³/mol. The molecule has 3 aromatic rings. The summed E-state index contributed by atoms with van der Waals surface area (Å²) in [5.74, 6) is -0.589. The fourth-order valence-corrected chi connectivity index (χ4v) is 3.20. The zero-order valence-corrected chi connectivity index (χ0v) is 16.1. The van der Waals surface area contributed by atoms with E-state index in [-0.39, 0.29) is 11.7 Å². The van der Waals surface area contributed by atoms with E-state index in [2.05, 4.69) is 10.4 Å². The lowest BCUT2D eigenvalue weighted by Gasteiger charge is -2.15. The number of aromatic nitrogens is 2. The largest absolute Gasteiger partial charge is 0.376 e. The number of carbonyl (C=O) groups excluding carboxylic acids is 1. The molecule has 1 amide bonds. The van der Waals surface area contributed by atoms with Gasteiger partial charge in [0.2, 0.25) is 0 Å². The van der Waals surface area contributed by atoms with Crippen LogP contribution in [0.5, 0.6) is 0 Å². The number of amides is 1. The van der Waals surface area contributed by atoms with Crippen LogP contribution < -0.4 is 10.2 Å². The molecule has 2 aromatic carbocycles. The van der Waals surface area contributed by atoms with Gasteiger partial charge in [0.1, 0.15) is 5.82 Å². The van der Waals surface area contributed by atoms with Gasteiger partial charge in [0, 0.05) is 19.8 Å². The smallest absolute Gasteiger partial charge is 0.259 e. The van der Waals surface area contributed by atoms with Crippen LogP contribution >= 0.6 is 11.6 Å². The van der Waals surface area contributed by atoms with Gasteiger partial charge < -0.3 is 10.2 Å². The van der Waals surface area contributed by atoms with E-state index < -0.39 is 0 Å². The van der Waals surface area contributed by atoms with Gasteiger partial charge in [-0.15, -0.1) is 0 Å².